The zero-order valence-corrected chi connectivity index (χ0v) is 30.7. The van der Waals surface area contributed by atoms with Crippen LogP contribution in [0.4, 0.5) is 14.5 Å². The smallest absolute Gasteiger partial charge is 0.255 e. The highest BCUT2D eigenvalue weighted by atomic mass is 19.1. The number of benzene rings is 3. The van der Waals surface area contributed by atoms with E-state index in [9.17, 15) is 24.0 Å². The van der Waals surface area contributed by atoms with E-state index in [-0.39, 0.29) is 46.9 Å². The van der Waals surface area contributed by atoms with Gasteiger partial charge in [0.05, 0.1) is 22.3 Å². The molecule has 7 rings (SSSR count). The van der Waals surface area contributed by atoms with Gasteiger partial charge < -0.3 is 20.9 Å². The number of aryl methyl sites for hydroxylation is 1. The minimum atomic E-state index is -0.767. The van der Waals surface area contributed by atoms with Crippen LogP contribution in [0, 0.1) is 11.6 Å². The maximum Gasteiger partial charge on any atom is 0.255 e. The summed E-state index contributed by atoms with van der Waals surface area (Å²) in [4.78, 5) is 68.6. The van der Waals surface area contributed by atoms with Crippen LogP contribution in [0.1, 0.15) is 106 Å². The largest absolute Gasteiger partial charge is 0.387 e. The van der Waals surface area contributed by atoms with Crippen molar-refractivity contribution in [3.8, 4) is 11.1 Å². The summed E-state index contributed by atoms with van der Waals surface area (Å²) in [6, 6.07) is 12.0. The van der Waals surface area contributed by atoms with Crippen molar-refractivity contribution in [2.45, 2.75) is 89.3 Å². The third-order valence-electron chi connectivity index (χ3n) is 10.7. The summed E-state index contributed by atoms with van der Waals surface area (Å²) in [5, 5.41) is 11.6. The van der Waals surface area contributed by atoms with Crippen LogP contribution in [0.5, 0.6) is 0 Å². The molecule has 5 amide bonds. The molecule has 1 aromatic heterocycles. The number of rotatable bonds is 15. The second-order valence-electron chi connectivity index (χ2n) is 14.6. The number of piperidine rings is 1. The summed E-state index contributed by atoms with van der Waals surface area (Å²) in [7, 11) is 1.67. The molecule has 4 N–H and O–H groups in total. The minimum absolute atomic E-state index is 0.121. The Morgan fingerprint density at radius 2 is 1.65 bits per heavy atom. The maximum absolute atomic E-state index is 15.3. The third kappa shape index (κ3) is 8.20. The Labute approximate surface area is 317 Å². The third-order valence-corrected chi connectivity index (χ3v) is 10.7. The molecule has 1 saturated heterocycles. The molecular weight excluding hydrogens is 706 g/mol. The first-order valence-electron chi connectivity index (χ1n) is 19.1. The first-order chi connectivity index (χ1) is 26.6. The number of nitrogens with zero attached hydrogens (tertiary/aromatic N) is 2. The number of halogens is 2. The van der Waals surface area contributed by atoms with E-state index in [0.29, 0.717) is 47.2 Å². The molecule has 286 valence electrons. The van der Waals surface area contributed by atoms with Gasteiger partial charge in [-0.25, -0.2) is 8.78 Å². The lowest BCUT2D eigenvalue weighted by Crippen LogP contribution is -2.52. The predicted octanol–water partition coefficient (Wildman–Crippen LogP) is 6.19. The molecule has 13 heteroatoms. The second kappa shape index (κ2) is 16.3. The lowest BCUT2D eigenvalue weighted by molar-refractivity contribution is -0.136. The molecule has 0 bridgehead atoms. The van der Waals surface area contributed by atoms with Crippen molar-refractivity contribution in [2.75, 3.05) is 18.9 Å². The molecule has 4 aromatic rings. The molecule has 3 aliphatic rings. The number of hydrogen-bond acceptors (Lipinski definition) is 7. The number of aromatic nitrogens is 1. The number of nitrogens with one attached hydrogen (secondary N) is 4. The predicted molar refractivity (Wildman–Crippen MR) is 203 cm³/mol. The molecule has 1 saturated carbocycles. The van der Waals surface area contributed by atoms with Gasteiger partial charge in [-0.3, -0.25) is 34.3 Å². The van der Waals surface area contributed by atoms with E-state index in [1.807, 2.05) is 12.1 Å². The van der Waals surface area contributed by atoms with E-state index in [4.69, 9.17) is 0 Å². The summed E-state index contributed by atoms with van der Waals surface area (Å²) in [6.07, 6.45) is 10.2. The topological polar surface area (TPSA) is 150 Å². The van der Waals surface area contributed by atoms with Gasteiger partial charge in [-0.15, -0.1) is 0 Å². The van der Waals surface area contributed by atoms with Gasteiger partial charge in [-0.2, -0.15) is 0 Å². The van der Waals surface area contributed by atoms with Crippen LogP contribution in [0.3, 0.4) is 0 Å². The van der Waals surface area contributed by atoms with Crippen LogP contribution < -0.4 is 21.3 Å². The monoisotopic (exact) mass is 750 g/mol. The van der Waals surface area contributed by atoms with Gasteiger partial charge in [-0.1, -0.05) is 43.9 Å². The molecule has 0 radical (unpaired) electrons. The average molecular weight is 751 g/mol. The maximum atomic E-state index is 15.3. The first-order valence-corrected chi connectivity index (χ1v) is 19.1. The van der Waals surface area contributed by atoms with Crippen molar-refractivity contribution >= 4 is 46.1 Å². The van der Waals surface area contributed by atoms with E-state index >= 15 is 8.78 Å². The van der Waals surface area contributed by atoms with E-state index < -0.39 is 29.5 Å². The van der Waals surface area contributed by atoms with Crippen molar-refractivity contribution in [3.05, 3.63) is 94.2 Å². The minimum Gasteiger partial charge on any atom is -0.387 e. The Morgan fingerprint density at radius 3 is 2.40 bits per heavy atom. The van der Waals surface area contributed by atoms with Crippen molar-refractivity contribution in [3.63, 3.8) is 0 Å². The number of unbranched alkanes of at least 4 members (excludes halogenated alkanes) is 5. The van der Waals surface area contributed by atoms with Crippen LogP contribution in [0.15, 0.2) is 54.7 Å². The fraction of sp³-hybridized carbons (Fsp3) is 0.381. The molecule has 0 spiro atoms. The Balaban J connectivity index is 0.858. The number of fused-ring (bicyclic) bond motifs is 2. The number of imide groups is 1. The highest BCUT2D eigenvalue weighted by Gasteiger charge is 2.39. The molecule has 2 fully saturated rings. The Morgan fingerprint density at radius 1 is 0.873 bits per heavy atom. The van der Waals surface area contributed by atoms with Crippen LogP contribution in [0.2, 0.25) is 0 Å². The molecule has 1 atom stereocenters. The van der Waals surface area contributed by atoms with Crippen LogP contribution >= 0.6 is 0 Å². The molecule has 1 aliphatic carbocycles. The Kier molecular flexibility index (Phi) is 11.2. The number of amides is 5. The molecule has 3 heterocycles. The van der Waals surface area contributed by atoms with Gasteiger partial charge in [0.1, 0.15) is 17.7 Å². The lowest BCUT2D eigenvalue weighted by atomic mass is 9.98. The fourth-order valence-electron chi connectivity index (χ4n) is 7.56. The van der Waals surface area contributed by atoms with Gasteiger partial charge in [0.2, 0.25) is 11.8 Å². The normalized spacial score (nSPS) is 16.6. The van der Waals surface area contributed by atoms with Crippen LogP contribution in [0.25, 0.3) is 22.0 Å². The van der Waals surface area contributed by atoms with Crippen LogP contribution in [-0.2, 0) is 22.6 Å². The first kappa shape index (κ1) is 37.6. The molecule has 3 aromatic carbocycles. The summed E-state index contributed by atoms with van der Waals surface area (Å²) in [6.45, 7) is 0.766. The van der Waals surface area contributed by atoms with Crippen molar-refractivity contribution < 1.29 is 32.8 Å². The Bertz CT molecular complexity index is 2190. The van der Waals surface area contributed by atoms with Crippen LogP contribution in [-0.4, -0.2) is 65.1 Å². The average Bonchev–Trinajstić information content (AvgIpc) is 3.93. The van der Waals surface area contributed by atoms with Gasteiger partial charge in [0.25, 0.3) is 17.7 Å². The van der Waals surface area contributed by atoms with Gasteiger partial charge in [-0.05, 0) is 79.5 Å². The summed E-state index contributed by atoms with van der Waals surface area (Å²) in [5.41, 5.74) is 4.13. The van der Waals surface area contributed by atoms with E-state index in [1.54, 1.807) is 24.1 Å². The quantitative estimate of drug-likeness (QED) is 0.0837. The van der Waals surface area contributed by atoms with Gasteiger partial charge in [0, 0.05) is 61.4 Å². The lowest BCUT2D eigenvalue weighted by Gasteiger charge is -2.29. The molecule has 2 aliphatic heterocycles. The van der Waals surface area contributed by atoms with Crippen molar-refractivity contribution in [1.82, 2.24) is 25.8 Å². The van der Waals surface area contributed by atoms with E-state index in [0.717, 1.165) is 75.0 Å². The van der Waals surface area contributed by atoms with Crippen molar-refractivity contribution in [1.29, 1.82) is 0 Å². The molecule has 55 heavy (non-hydrogen) atoms. The number of hydrogen-bond donors (Lipinski definition) is 4. The molecule has 11 nitrogen and oxygen atoms in total. The SMILES string of the molecule is CNc1c(C(=O)NC2CC2)cnc2cc(F)c(-c3ccc(C(=O)NCCCCCCCCc4cccc5c4CN(C4CCC(=O)NC4=O)C5=O)c(F)c3)cc12. The second-order valence-corrected chi connectivity index (χ2v) is 14.6. The standard InChI is InChI=1S/C42H44F2N6O5/c1-45-38-30-20-29(34(44)21-35(30)47-22-31(38)40(53)48-26-13-14-26)25-12-15-28(33(43)19-25)39(52)46-18-7-5-3-2-4-6-9-24-10-8-11-27-32(24)23-50(42(27)55)36-16-17-37(51)49-41(36)54/h8,10-12,15,19-22,26,36H,2-7,9,13-14,16-18,23H2,1H3,(H,45,47)(H,46,52)(H,48,53)(H,49,51,54). The molecular formula is C42H44F2N6O5. The number of pyridine rings is 1. The van der Waals surface area contributed by atoms with Gasteiger partial charge in [0.15, 0.2) is 0 Å². The highest BCUT2D eigenvalue weighted by molar-refractivity contribution is 6.08. The number of anilines is 1. The number of carbonyl (C=O) groups is 5. The summed E-state index contributed by atoms with van der Waals surface area (Å²) < 4.78 is 30.5. The van der Waals surface area contributed by atoms with Gasteiger partial charge >= 0.3 is 0 Å². The fourth-order valence-corrected chi connectivity index (χ4v) is 7.56. The molecule has 1 unspecified atom stereocenters. The zero-order chi connectivity index (χ0) is 38.6. The summed E-state index contributed by atoms with van der Waals surface area (Å²) in [5.74, 6) is -3.06. The summed E-state index contributed by atoms with van der Waals surface area (Å²) >= 11 is 0. The zero-order valence-electron chi connectivity index (χ0n) is 30.7. The Hall–Kier alpha value is -5.72. The number of carbonyl (C=O) groups excluding carboxylic acids is 5. The van der Waals surface area contributed by atoms with Crippen molar-refractivity contribution in [2.24, 2.45) is 0 Å². The highest BCUT2D eigenvalue weighted by Crippen LogP contribution is 2.34. The van der Waals surface area contributed by atoms with E-state index in [1.165, 1.54) is 24.4 Å². The van der Waals surface area contributed by atoms with E-state index in [2.05, 4.69) is 26.3 Å².